The van der Waals surface area contributed by atoms with E-state index in [1.165, 1.54) is 9.96 Å². The number of hydrogen-bond acceptors (Lipinski definition) is 6. The molecule has 0 saturated heterocycles. The number of aromatic amines is 1. The maximum atomic E-state index is 11.7. The fourth-order valence-electron chi connectivity index (χ4n) is 3.13. The van der Waals surface area contributed by atoms with Gasteiger partial charge in [0.05, 0.1) is 10.7 Å². The van der Waals surface area contributed by atoms with Gasteiger partial charge in [-0.3, -0.25) is 0 Å². The normalized spacial score (nSPS) is 11.3. The van der Waals surface area contributed by atoms with Crippen molar-refractivity contribution in [3.8, 4) is 5.88 Å². The number of fused-ring (bicyclic) bond motifs is 1. The van der Waals surface area contributed by atoms with Gasteiger partial charge in [0.25, 0.3) is 0 Å². The summed E-state index contributed by atoms with van der Waals surface area (Å²) in [4.78, 5) is 18.3. The molecular weight excluding hydrogens is 392 g/mol. The molecule has 8 nitrogen and oxygen atoms in total. The van der Waals surface area contributed by atoms with Crippen LogP contribution < -0.4 is 15.7 Å². The van der Waals surface area contributed by atoms with Crippen LogP contribution in [-0.2, 0) is 6.42 Å². The number of aryl methyl sites for hydroxylation is 1. The summed E-state index contributed by atoms with van der Waals surface area (Å²) < 4.78 is 7.19. The molecule has 29 heavy (non-hydrogen) atoms. The van der Waals surface area contributed by atoms with Crippen molar-refractivity contribution in [2.24, 2.45) is 0 Å². The lowest BCUT2D eigenvalue weighted by atomic mass is 10.1. The molecule has 0 aliphatic heterocycles. The van der Waals surface area contributed by atoms with E-state index in [-0.39, 0.29) is 5.69 Å². The average molecular weight is 419 g/mol. The molecule has 3 rings (SSSR count). The van der Waals surface area contributed by atoms with Gasteiger partial charge >= 0.3 is 5.69 Å². The minimum atomic E-state index is -0.309. The molecule has 3 aromatic rings. The number of pyridine rings is 2. The van der Waals surface area contributed by atoms with E-state index in [4.69, 9.17) is 16.3 Å². The molecule has 0 atom stereocenters. The van der Waals surface area contributed by atoms with Crippen LogP contribution >= 0.6 is 11.6 Å². The molecule has 0 bridgehead atoms. The number of aromatic nitrogens is 4. The largest absolute Gasteiger partial charge is 0.476 e. The van der Waals surface area contributed by atoms with Crippen LogP contribution in [0.25, 0.3) is 5.65 Å². The minimum Gasteiger partial charge on any atom is -0.476 e. The Kier molecular flexibility index (Phi) is 7.48. The lowest BCUT2D eigenvalue weighted by Gasteiger charge is -2.17. The van der Waals surface area contributed by atoms with Crippen LogP contribution in [0.1, 0.15) is 25.8 Å². The topological polar surface area (TPSA) is 87.5 Å². The molecule has 2 N–H and O–H groups in total. The molecule has 0 aliphatic rings. The van der Waals surface area contributed by atoms with Crippen LogP contribution in [0.15, 0.2) is 35.4 Å². The zero-order valence-corrected chi connectivity index (χ0v) is 17.6. The lowest BCUT2D eigenvalue weighted by Crippen LogP contribution is -2.28. The van der Waals surface area contributed by atoms with Crippen molar-refractivity contribution in [2.45, 2.75) is 26.7 Å². The molecule has 0 saturated carbocycles. The third kappa shape index (κ3) is 5.71. The molecule has 0 aromatic carbocycles. The van der Waals surface area contributed by atoms with Crippen LogP contribution in [0.2, 0.25) is 5.02 Å². The highest BCUT2D eigenvalue weighted by Crippen LogP contribution is 2.19. The molecule has 0 fully saturated rings. The summed E-state index contributed by atoms with van der Waals surface area (Å²) in [5, 5.41) is 10.3. The van der Waals surface area contributed by atoms with Crippen LogP contribution in [0.4, 0.5) is 5.69 Å². The van der Waals surface area contributed by atoms with Crippen molar-refractivity contribution in [3.05, 3.63) is 51.7 Å². The number of nitrogens with zero attached hydrogens (tertiary/aromatic N) is 4. The smallest absolute Gasteiger partial charge is 0.347 e. The summed E-state index contributed by atoms with van der Waals surface area (Å²) in [6.45, 7) is 8.58. The maximum absolute atomic E-state index is 11.7. The first-order valence-electron chi connectivity index (χ1n) is 9.91. The molecule has 0 unspecified atom stereocenters. The number of likely N-dealkylation sites (N-methyl/N-ethyl adjacent to an activating group) is 1. The maximum Gasteiger partial charge on any atom is 0.347 e. The Morgan fingerprint density at radius 1 is 1.31 bits per heavy atom. The SMILES string of the molecule is CCN(CC)CCOc1cc(CCCNc2cc(Cl)cn3c(=O)[nH]nc23)ccn1. The average Bonchev–Trinajstić information content (AvgIpc) is 3.09. The van der Waals surface area contributed by atoms with Crippen LogP contribution in [0.3, 0.4) is 0 Å². The second-order valence-corrected chi connectivity index (χ2v) is 7.14. The zero-order valence-electron chi connectivity index (χ0n) is 16.8. The fraction of sp³-hybridized carbons (Fsp3) is 0.450. The summed E-state index contributed by atoms with van der Waals surface area (Å²) in [7, 11) is 0. The number of hydrogen-bond donors (Lipinski definition) is 2. The molecule has 156 valence electrons. The van der Waals surface area contributed by atoms with Crippen molar-refractivity contribution in [2.75, 3.05) is 38.1 Å². The quantitative estimate of drug-likeness (QED) is 0.465. The van der Waals surface area contributed by atoms with Gasteiger partial charge in [0, 0.05) is 31.5 Å². The summed E-state index contributed by atoms with van der Waals surface area (Å²) in [5.74, 6) is 0.662. The van der Waals surface area contributed by atoms with E-state index < -0.39 is 0 Å². The van der Waals surface area contributed by atoms with E-state index in [0.29, 0.717) is 23.2 Å². The first-order valence-corrected chi connectivity index (χ1v) is 10.3. The van der Waals surface area contributed by atoms with E-state index in [1.54, 1.807) is 18.5 Å². The Balaban J connectivity index is 1.49. The van der Waals surface area contributed by atoms with Crippen molar-refractivity contribution >= 4 is 22.9 Å². The highest BCUT2D eigenvalue weighted by molar-refractivity contribution is 6.30. The van der Waals surface area contributed by atoms with Crippen molar-refractivity contribution in [1.29, 1.82) is 0 Å². The highest BCUT2D eigenvalue weighted by atomic mass is 35.5. The van der Waals surface area contributed by atoms with Gasteiger partial charge in [-0.2, -0.15) is 5.10 Å². The van der Waals surface area contributed by atoms with Crippen LogP contribution in [0, 0.1) is 0 Å². The van der Waals surface area contributed by atoms with Gasteiger partial charge in [0.2, 0.25) is 5.88 Å². The Morgan fingerprint density at radius 2 is 2.14 bits per heavy atom. The predicted molar refractivity (Wildman–Crippen MR) is 115 cm³/mol. The molecule has 0 amide bonds. The fourth-order valence-corrected chi connectivity index (χ4v) is 3.33. The van der Waals surface area contributed by atoms with E-state index in [9.17, 15) is 4.79 Å². The number of nitrogens with one attached hydrogen (secondary N) is 2. The molecule has 3 aromatic heterocycles. The summed E-state index contributed by atoms with van der Waals surface area (Å²) in [5.41, 5.74) is 2.13. The third-order valence-electron chi connectivity index (χ3n) is 4.79. The Hall–Kier alpha value is -2.58. The highest BCUT2D eigenvalue weighted by Gasteiger charge is 2.08. The summed E-state index contributed by atoms with van der Waals surface area (Å²) in [6.07, 6.45) is 5.11. The molecule has 9 heteroatoms. The van der Waals surface area contributed by atoms with E-state index in [1.807, 2.05) is 12.1 Å². The number of rotatable bonds is 11. The van der Waals surface area contributed by atoms with Crippen molar-refractivity contribution in [3.63, 3.8) is 0 Å². The number of H-pyrrole nitrogens is 1. The standard InChI is InChI=1S/C20H27ClN6O2/c1-3-26(4-2)10-11-29-18-12-15(7-9-23-18)6-5-8-22-17-13-16(21)14-27-19(17)24-25-20(27)28/h7,9,12-14,22H,3-6,8,10-11H2,1-2H3,(H,25,28). The van der Waals surface area contributed by atoms with Crippen molar-refractivity contribution in [1.82, 2.24) is 24.5 Å². The number of halogens is 1. The first kappa shape index (κ1) is 21.1. The van der Waals surface area contributed by atoms with E-state index in [2.05, 4.69) is 39.2 Å². The first-order chi connectivity index (χ1) is 14.1. The van der Waals surface area contributed by atoms with Gasteiger partial charge in [0.15, 0.2) is 5.65 Å². The number of ether oxygens (including phenoxy) is 1. The molecular formula is C20H27ClN6O2. The van der Waals surface area contributed by atoms with Gasteiger partial charge in [0.1, 0.15) is 6.61 Å². The Labute approximate surface area is 174 Å². The van der Waals surface area contributed by atoms with Gasteiger partial charge in [-0.25, -0.2) is 19.3 Å². The van der Waals surface area contributed by atoms with Gasteiger partial charge in [-0.05, 0) is 43.6 Å². The predicted octanol–water partition coefficient (Wildman–Crippen LogP) is 2.84. The van der Waals surface area contributed by atoms with E-state index >= 15 is 0 Å². The van der Waals surface area contributed by atoms with Gasteiger partial charge in [-0.1, -0.05) is 25.4 Å². The van der Waals surface area contributed by atoms with Gasteiger partial charge < -0.3 is 15.0 Å². The number of anilines is 1. The minimum absolute atomic E-state index is 0.309. The molecule has 3 heterocycles. The van der Waals surface area contributed by atoms with E-state index in [0.717, 1.165) is 44.7 Å². The molecule has 0 spiro atoms. The van der Waals surface area contributed by atoms with Crippen LogP contribution in [0.5, 0.6) is 5.88 Å². The zero-order chi connectivity index (χ0) is 20.6. The monoisotopic (exact) mass is 418 g/mol. The second kappa shape index (κ2) is 10.3. The lowest BCUT2D eigenvalue weighted by molar-refractivity contribution is 0.218. The second-order valence-electron chi connectivity index (χ2n) is 6.70. The third-order valence-corrected chi connectivity index (χ3v) is 5.00. The molecule has 0 aliphatic carbocycles. The Morgan fingerprint density at radius 3 is 2.93 bits per heavy atom. The Bertz CT molecular complexity index is 983. The summed E-state index contributed by atoms with van der Waals surface area (Å²) >= 11 is 6.09. The van der Waals surface area contributed by atoms with Crippen LogP contribution in [-0.4, -0.2) is 57.3 Å². The summed E-state index contributed by atoms with van der Waals surface area (Å²) in [6, 6.07) is 5.76. The van der Waals surface area contributed by atoms with Gasteiger partial charge in [-0.15, -0.1) is 0 Å². The van der Waals surface area contributed by atoms with Crippen molar-refractivity contribution < 1.29 is 4.74 Å². The molecule has 0 radical (unpaired) electrons.